The average Bonchev–Trinajstić information content (AvgIpc) is 3.61. The Morgan fingerprint density at radius 3 is 2.97 bits per heavy atom. The molecule has 0 spiro atoms. The molecule has 192 valence electrons. The summed E-state index contributed by atoms with van der Waals surface area (Å²) < 4.78 is 27.6. The second-order valence-electron chi connectivity index (χ2n) is 8.90. The van der Waals surface area contributed by atoms with E-state index in [1.165, 1.54) is 17.4 Å². The number of alkyl halides is 2. The number of H-pyrrole nitrogens is 1. The van der Waals surface area contributed by atoms with Gasteiger partial charge in [-0.1, -0.05) is 43.2 Å². The number of carbonyl (C=O) groups is 1. The maximum absolute atomic E-state index is 13.8. The fraction of sp³-hybridized carbons (Fsp3) is 0.346. The zero-order chi connectivity index (χ0) is 25.8. The number of hydrogen-bond acceptors (Lipinski definition) is 7. The fourth-order valence-electron chi connectivity index (χ4n) is 4.78. The van der Waals surface area contributed by atoms with E-state index in [9.17, 15) is 13.6 Å². The minimum atomic E-state index is -2.62. The van der Waals surface area contributed by atoms with Crippen molar-refractivity contribution in [1.29, 1.82) is 0 Å². The summed E-state index contributed by atoms with van der Waals surface area (Å²) in [7, 11) is 0. The van der Waals surface area contributed by atoms with Crippen LogP contribution < -0.4 is 5.32 Å². The highest BCUT2D eigenvalue weighted by molar-refractivity contribution is 7.16. The summed E-state index contributed by atoms with van der Waals surface area (Å²) in [6, 6.07) is 5.05. The first-order chi connectivity index (χ1) is 18.1. The zero-order valence-electron chi connectivity index (χ0n) is 20.3. The molecule has 0 bridgehead atoms. The molecular formula is C26H27F2N7OS. The lowest BCUT2D eigenvalue weighted by molar-refractivity contribution is 0.0594. The lowest BCUT2D eigenvalue weighted by atomic mass is 9.85. The quantitative estimate of drug-likeness (QED) is 0.428. The number of pyridine rings is 1. The van der Waals surface area contributed by atoms with Crippen LogP contribution in [0.3, 0.4) is 0 Å². The van der Waals surface area contributed by atoms with Gasteiger partial charge in [-0.3, -0.25) is 9.78 Å². The van der Waals surface area contributed by atoms with E-state index in [-0.39, 0.29) is 22.4 Å². The van der Waals surface area contributed by atoms with Gasteiger partial charge in [-0.25, -0.2) is 13.8 Å². The maximum atomic E-state index is 13.8. The van der Waals surface area contributed by atoms with E-state index in [4.69, 9.17) is 0 Å². The molecule has 3 aromatic rings. The van der Waals surface area contributed by atoms with Crippen LogP contribution in [0.5, 0.6) is 0 Å². The van der Waals surface area contributed by atoms with Crippen LogP contribution in [0.4, 0.5) is 8.78 Å². The smallest absolute Gasteiger partial charge is 0.285 e. The molecular weight excluding hydrogens is 496 g/mol. The standard InChI is InChI=1S/C26H27F2N7OS/c1-2-3-7-16(14-20-17(23(27)28)8-6-12-30-20)22-21-18(31-15-32-21)10-13-35(22)26(36)25-34-33-24(37-25)19-9-4-5-11-29-19/h4-6,8-9,11-12,14-16,22-23,30H,2-3,7,10,13H2,1H3,(H,31,32)/b20-14-. The SMILES string of the molecule is CCCCC(/C=C1\NC=CC=C1C(F)F)C1c2nc[nH]c2CCN1C(=O)c1nnc(-c2ccccn2)s1. The molecule has 2 aliphatic heterocycles. The molecule has 0 fully saturated rings. The van der Waals surface area contributed by atoms with Gasteiger partial charge < -0.3 is 15.2 Å². The van der Waals surface area contributed by atoms with Crippen LogP contribution in [0.25, 0.3) is 10.7 Å². The van der Waals surface area contributed by atoms with Crippen LogP contribution in [0.2, 0.25) is 0 Å². The van der Waals surface area contributed by atoms with E-state index in [1.807, 2.05) is 24.3 Å². The highest BCUT2D eigenvalue weighted by Gasteiger charge is 2.39. The number of fused-ring (bicyclic) bond motifs is 1. The van der Waals surface area contributed by atoms with Crippen LogP contribution in [-0.4, -0.2) is 48.9 Å². The molecule has 5 rings (SSSR count). The van der Waals surface area contributed by atoms with Gasteiger partial charge in [-0.05, 0) is 30.7 Å². The lowest BCUT2D eigenvalue weighted by Gasteiger charge is -2.38. The summed E-state index contributed by atoms with van der Waals surface area (Å²) in [6.07, 6.45) is 10.3. The van der Waals surface area contributed by atoms with Crippen LogP contribution in [0, 0.1) is 5.92 Å². The highest BCUT2D eigenvalue weighted by atomic mass is 32.1. The molecule has 0 saturated carbocycles. The number of allylic oxidation sites excluding steroid dienone is 3. The van der Waals surface area contributed by atoms with Crippen molar-refractivity contribution < 1.29 is 13.6 Å². The summed E-state index contributed by atoms with van der Waals surface area (Å²) in [4.78, 5) is 27.7. The van der Waals surface area contributed by atoms with Gasteiger partial charge in [0.25, 0.3) is 12.3 Å². The van der Waals surface area contributed by atoms with Crippen LogP contribution in [-0.2, 0) is 6.42 Å². The van der Waals surface area contributed by atoms with Crippen molar-refractivity contribution >= 4 is 17.2 Å². The van der Waals surface area contributed by atoms with Crippen molar-refractivity contribution in [2.75, 3.05) is 6.54 Å². The number of hydrogen-bond donors (Lipinski definition) is 2. The van der Waals surface area contributed by atoms with Crippen molar-refractivity contribution in [3.8, 4) is 10.7 Å². The monoisotopic (exact) mass is 523 g/mol. The number of carbonyl (C=O) groups excluding carboxylic acids is 1. The van der Waals surface area contributed by atoms with Gasteiger partial charge in [-0.2, -0.15) is 0 Å². The number of nitrogens with zero attached hydrogens (tertiary/aromatic N) is 5. The number of halogens is 2. The predicted octanol–water partition coefficient (Wildman–Crippen LogP) is 5.06. The van der Waals surface area contributed by atoms with Crippen molar-refractivity contribution in [1.82, 2.24) is 35.4 Å². The molecule has 0 saturated heterocycles. The molecule has 37 heavy (non-hydrogen) atoms. The van der Waals surface area contributed by atoms with Crippen molar-refractivity contribution in [2.45, 2.75) is 45.1 Å². The van der Waals surface area contributed by atoms with Gasteiger partial charge in [0.15, 0.2) is 5.01 Å². The molecule has 3 aromatic heterocycles. The van der Waals surface area contributed by atoms with Crippen LogP contribution >= 0.6 is 11.3 Å². The molecule has 1 amide bonds. The summed E-state index contributed by atoms with van der Waals surface area (Å²) in [6.45, 7) is 2.54. The second kappa shape index (κ2) is 11.1. The van der Waals surface area contributed by atoms with Crippen LogP contribution in [0.1, 0.15) is 53.4 Å². The molecule has 2 N–H and O–H groups in total. The number of aromatic amines is 1. The third kappa shape index (κ3) is 5.22. The van der Waals surface area contributed by atoms with E-state index < -0.39 is 12.5 Å². The Balaban J connectivity index is 1.52. The number of amides is 1. The third-order valence-corrected chi connectivity index (χ3v) is 7.49. The summed E-state index contributed by atoms with van der Waals surface area (Å²) in [5.41, 5.74) is 2.67. The van der Waals surface area contributed by atoms with E-state index in [0.29, 0.717) is 35.8 Å². The topological polar surface area (TPSA) is 99.7 Å². The molecule has 0 aromatic carbocycles. The Kier molecular flexibility index (Phi) is 7.50. The number of nitrogens with one attached hydrogen (secondary N) is 2. The second-order valence-corrected chi connectivity index (χ2v) is 9.88. The van der Waals surface area contributed by atoms with Crippen LogP contribution in [0.15, 0.2) is 66.4 Å². The molecule has 2 aliphatic rings. The Labute approximate surface area is 217 Å². The maximum Gasteiger partial charge on any atom is 0.285 e. The minimum Gasteiger partial charge on any atom is -0.362 e. The summed E-state index contributed by atoms with van der Waals surface area (Å²) in [5, 5.41) is 12.2. The highest BCUT2D eigenvalue weighted by Crippen LogP contribution is 2.39. The van der Waals surface area contributed by atoms with E-state index >= 15 is 0 Å². The Hall–Kier alpha value is -3.73. The first-order valence-corrected chi connectivity index (χ1v) is 13.1. The molecule has 2 unspecified atom stereocenters. The number of unbranched alkanes of at least 4 members (excludes halogenated alkanes) is 1. The number of imidazole rings is 1. The van der Waals surface area contributed by atoms with E-state index in [0.717, 1.165) is 24.2 Å². The van der Waals surface area contributed by atoms with E-state index in [1.54, 1.807) is 29.7 Å². The van der Waals surface area contributed by atoms with Gasteiger partial charge in [-0.15, -0.1) is 10.2 Å². The number of rotatable bonds is 8. The minimum absolute atomic E-state index is 0.0657. The molecule has 2 atom stereocenters. The van der Waals surface area contributed by atoms with Crippen molar-refractivity contribution in [2.24, 2.45) is 5.92 Å². The normalized spacial score (nSPS) is 19.0. The largest absolute Gasteiger partial charge is 0.362 e. The fourth-order valence-corrected chi connectivity index (χ4v) is 5.55. The van der Waals surface area contributed by atoms with E-state index in [2.05, 4.69) is 37.4 Å². The summed E-state index contributed by atoms with van der Waals surface area (Å²) in [5.74, 6) is -0.495. The molecule has 11 heteroatoms. The van der Waals surface area contributed by atoms with Crippen molar-refractivity contribution in [3.05, 3.63) is 82.8 Å². The van der Waals surface area contributed by atoms with Gasteiger partial charge in [0.1, 0.15) is 5.69 Å². The van der Waals surface area contributed by atoms with Gasteiger partial charge in [0.2, 0.25) is 5.01 Å². The first kappa shape index (κ1) is 24.9. The molecule has 0 radical (unpaired) electrons. The Morgan fingerprint density at radius 1 is 1.30 bits per heavy atom. The number of dihydropyridines is 1. The molecule has 8 nitrogen and oxygen atoms in total. The average molecular weight is 524 g/mol. The third-order valence-electron chi connectivity index (χ3n) is 6.56. The summed E-state index contributed by atoms with van der Waals surface area (Å²) >= 11 is 1.19. The number of aromatic nitrogens is 5. The molecule has 0 aliphatic carbocycles. The zero-order valence-corrected chi connectivity index (χ0v) is 21.1. The van der Waals surface area contributed by atoms with Gasteiger partial charge in [0, 0.05) is 48.2 Å². The van der Waals surface area contributed by atoms with Crippen molar-refractivity contribution in [3.63, 3.8) is 0 Å². The first-order valence-electron chi connectivity index (χ1n) is 12.3. The lowest BCUT2D eigenvalue weighted by Crippen LogP contribution is -2.43. The molecule has 5 heterocycles. The van der Waals surface area contributed by atoms with Gasteiger partial charge in [0.05, 0.1) is 18.1 Å². The predicted molar refractivity (Wildman–Crippen MR) is 137 cm³/mol. The van der Waals surface area contributed by atoms with Gasteiger partial charge >= 0.3 is 0 Å². The Morgan fingerprint density at radius 2 is 2.19 bits per heavy atom. The Bertz CT molecular complexity index is 1330.